The van der Waals surface area contributed by atoms with E-state index in [1.807, 2.05) is 0 Å². The third kappa shape index (κ3) is 3.70. The van der Waals surface area contributed by atoms with Crippen LogP contribution in [0.1, 0.15) is 5.56 Å². The fourth-order valence-electron chi connectivity index (χ4n) is 1.89. The van der Waals surface area contributed by atoms with Crippen molar-refractivity contribution in [1.82, 2.24) is 4.72 Å². The molecule has 1 atom stereocenters. The Morgan fingerprint density at radius 1 is 1.45 bits per heavy atom. The van der Waals surface area contributed by atoms with Crippen LogP contribution in [-0.2, 0) is 19.5 Å². The van der Waals surface area contributed by atoms with Crippen molar-refractivity contribution >= 4 is 31.6 Å². The van der Waals surface area contributed by atoms with Crippen LogP contribution < -0.4 is 10.5 Å². The Morgan fingerprint density at radius 3 is 2.85 bits per heavy atom. The minimum Gasteiger partial charge on any atom is -0.398 e. The summed E-state index contributed by atoms with van der Waals surface area (Å²) in [5, 5.41) is 0. The molecule has 1 aromatic rings. The maximum absolute atomic E-state index is 12.3. The second-order valence-electron chi connectivity index (χ2n) is 4.54. The second-order valence-corrected chi connectivity index (χ2v) is 7.19. The molecule has 0 spiro atoms. The van der Waals surface area contributed by atoms with Gasteiger partial charge >= 0.3 is 0 Å². The quantitative estimate of drug-likeness (QED) is 0.778. The lowest BCUT2D eigenvalue weighted by Crippen LogP contribution is -2.39. The van der Waals surface area contributed by atoms with Gasteiger partial charge in [0.15, 0.2) is 0 Å². The van der Waals surface area contributed by atoms with Crippen LogP contribution in [0, 0.1) is 6.92 Å². The Kier molecular flexibility index (Phi) is 5.03. The summed E-state index contributed by atoms with van der Waals surface area (Å²) in [4.78, 5) is 0.168. The summed E-state index contributed by atoms with van der Waals surface area (Å²) in [5.74, 6) is 0. The third-order valence-corrected chi connectivity index (χ3v) is 5.05. The van der Waals surface area contributed by atoms with Crippen molar-refractivity contribution in [2.24, 2.45) is 0 Å². The van der Waals surface area contributed by atoms with Crippen molar-refractivity contribution in [1.29, 1.82) is 0 Å². The summed E-state index contributed by atoms with van der Waals surface area (Å²) in [7, 11) is -3.63. The van der Waals surface area contributed by atoms with E-state index in [9.17, 15) is 8.42 Å². The molecule has 0 amide bonds. The fourth-order valence-corrected chi connectivity index (χ4v) is 3.88. The Hall–Kier alpha value is -0.670. The fraction of sp³-hybridized carbons (Fsp3) is 0.500. The van der Waals surface area contributed by atoms with E-state index in [0.29, 0.717) is 35.5 Å². The first-order chi connectivity index (χ1) is 9.40. The van der Waals surface area contributed by atoms with Gasteiger partial charge in [-0.25, -0.2) is 13.1 Å². The van der Waals surface area contributed by atoms with Crippen LogP contribution in [0.4, 0.5) is 5.69 Å². The van der Waals surface area contributed by atoms with Crippen LogP contribution >= 0.6 is 15.9 Å². The maximum Gasteiger partial charge on any atom is 0.241 e. The van der Waals surface area contributed by atoms with E-state index in [1.54, 1.807) is 13.0 Å². The molecule has 8 heteroatoms. The Bertz CT molecular complexity index is 585. The van der Waals surface area contributed by atoms with Gasteiger partial charge in [0.25, 0.3) is 0 Å². The van der Waals surface area contributed by atoms with Crippen molar-refractivity contribution in [2.45, 2.75) is 17.9 Å². The van der Waals surface area contributed by atoms with E-state index in [4.69, 9.17) is 15.2 Å². The molecule has 0 aliphatic carbocycles. The number of rotatable bonds is 4. The molecule has 1 aliphatic heterocycles. The molecule has 6 nitrogen and oxygen atoms in total. The van der Waals surface area contributed by atoms with Gasteiger partial charge in [-0.2, -0.15) is 0 Å². The third-order valence-electron chi connectivity index (χ3n) is 3.04. The molecule has 0 bridgehead atoms. The van der Waals surface area contributed by atoms with Gasteiger partial charge in [0.05, 0.1) is 30.8 Å². The molecule has 0 saturated carbocycles. The van der Waals surface area contributed by atoms with Crippen molar-refractivity contribution < 1.29 is 17.9 Å². The number of ether oxygens (including phenoxy) is 2. The van der Waals surface area contributed by atoms with Crippen LogP contribution in [0.3, 0.4) is 0 Å². The Morgan fingerprint density at radius 2 is 2.20 bits per heavy atom. The van der Waals surface area contributed by atoms with Crippen LogP contribution in [0.15, 0.2) is 21.5 Å². The average Bonchev–Trinajstić information content (AvgIpc) is 2.42. The van der Waals surface area contributed by atoms with E-state index >= 15 is 0 Å². The molecule has 0 aromatic heterocycles. The highest BCUT2D eigenvalue weighted by Gasteiger charge is 2.22. The Labute approximate surface area is 126 Å². The average molecular weight is 365 g/mol. The number of halogens is 1. The molecular weight excluding hydrogens is 348 g/mol. The molecule has 1 aromatic carbocycles. The van der Waals surface area contributed by atoms with Gasteiger partial charge in [-0.3, -0.25) is 0 Å². The number of hydrogen-bond donors (Lipinski definition) is 2. The number of sulfonamides is 1. The van der Waals surface area contributed by atoms with Crippen LogP contribution in [-0.4, -0.2) is 40.9 Å². The number of hydrogen-bond acceptors (Lipinski definition) is 5. The summed E-state index contributed by atoms with van der Waals surface area (Å²) >= 11 is 3.25. The van der Waals surface area contributed by atoms with E-state index in [0.717, 1.165) is 0 Å². The summed E-state index contributed by atoms with van der Waals surface area (Å²) in [6, 6.07) is 3.21. The number of benzene rings is 1. The summed E-state index contributed by atoms with van der Waals surface area (Å²) in [6.07, 6.45) is -0.261. The summed E-state index contributed by atoms with van der Waals surface area (Å²) in [5.41, 5.74) is 6.75. The maximum atomic E-state index is 12.3. The largest absolute Gasteiger partial charge is 0.398 e. The SMILES string of the molecule is Cc1c(N)cc(Br)cc1S(=O)(=O)NCC1COCCO1. The molecule has 112 valence electrons. The molecule has 1 unspecified atom stereocenters. The van der Waals surface area contributed by atoms with Crippen molar-refractivity contribution in [3.05, 3.63) is 22.2 Å². The number of nitrogens with one attached hydrogen (secondary N) is 1. The van der Waals surface area contributed by atoms with Gasteiger partial charge in [-0.05, 0) is 24.6 Å². The highest BCUT2D eigenvalue weighted by Crippen LogP contribution is 2.26. The lowest BCUT2D eigenvalue weighted by atomic mass is 10.2. The zero-order valence-electron chi connectivity index (χ0n) is 11.1. The minimum atomic E-state index is -3.63. The lowest BCUT2D eigenvalue weighted by Gasteiger charge is -2.23. The van der Waals surface area contributed by atoms with E-state index in [-0.39, 0.29) is 17.5 Å². The van der Waals surface area contributed by atoms with Crippen LogP contribution in [0.5, 0.6) is 0 Å². The summed E-state index contributed by atoms with van der Waals surface area (Å²) < 4.78 is 38.4. The minimum absolute atomic E-state index is 0.168. The number of anilines is 1. The molecule has 1 aliphatic rings. The van der Waals surface area contributed by atoms with Crippen LogP contribution in [0.2, 0.25) is 0 Å². The van der Waals surface area contributed by atoms with Crippen LogP contribution in [0.25, 0.3) is 0 Å². The molecule has 2 rings (SSSR count). The normalized spacial score (nSPS) is 20.0. The van der Waals surface area contributed by atoms with Crippen molar-refractivity contribution in [2.75, 3.05) is 32.1 Å². The lowest BCUT2D eigenvalue weighted by molar-refractivity contribution is -0.0846. The van der Waals surface area contributed by atoms with Gasteiger partial charge in [-0.1, -0.05) is 15.9 Å². The first kappa shape index (κ1) is 15.7. The highest BCUT2D eigenvalue weighted by atomic mass is 79.9. The first-order valence-corrected chi connectivity index (χ1v) is 8.42. The van der Waals surface area contributed by atoms with Gasteiger partial charge < -0.3 is 15.2 Å². The smallest absolute Gasteiger partial charge is 0.241 e. The highest BCUT2D eigenvalue weighted by molar-refractivity contribution is 9.10. The van der Waals surface area contributed by atoms with Gasteiger partial charge in [-0.15, -0.1) is 0 Å². The topological polar surface area (TPSA) is 90.7 Å². The summed E-state index contributed by atoms with van der Waals surface area (Å²) in [6.45, 7) is 3.27. The van der Waals surface area contributed by atoms with Gasteiger partial charge in [0.1, 0.15) is 0 Å². The standard InChI is InChI=1S/C12H17BrN2O4S/c1-8-11(14)4-9(13)5-12(8)20(16,17)15-6-10-7-18-2-3-19-10/h4-5,10,15H,2-3,6-7,14H2,1H3. The number of nitrogens with two attached hydrogens (primary N) is 1. The van der Waals surface area contributed by atoms with Crippen molar-refractivity contribution in [3.8, 4) is 0 Å². The monoisotopic (exact) mass is 364 g/mol. The van der Waals surface area contributed by atoms with Gasteiger partial charge in [0, 0.05) is 16.7 Å². The predicted molar refractivity (Wildman–Crippen MR) is 79.0 cm³/mol. The molecule has 3 N–H and O–H groups in total. The van der Waals surface area contributed by atoms with Crippen molar-refractivity contribution in [3.63, 3.8) is 0 Å². The second kappa shape index (κ2) is 6.40. The zero-order chi connectivity index (χ0) is 14.8. The molecular formula is C12H17BrN2O4S. The molecule has 20 heavy (non-hydrogen) atoms. The zero-order valence-corrected chi connectivity index (χ0v) is 13.5. The van der Waals surface area contributed by atoms with Gasteiger partial charge in [0.2, 0.25) is 10.0 Å². The molecule has 1 fully saturated rings. The number of nitrogen functional groups attached to an aromatic ring is 1. The Balaban J connectivity index is 2.14. The van der Waals surface area contributed by atoms with E-state index in [2.05, 4.69) is 20.7 Å². The van der Waals surface area contributed by atoms with E-state index in [1.165, 1.54) is 6.07 Å². The van der Waals surface area contributed by atoms with E-state index < -0.39 is 10.0 Å². The molecule has 0 radical (unpaired) electrons. The first-order valence-electron chi connectivity index (χ1n) is 6.15. The predicted octanol–water partition coefficient (Wildman–Crippen LogP) is 1.03. The molecule has 1 heterocycles. The molecule has 1 saturated heterocycles.